The van der Waals surface area contributed by atoms with Gasteiger partial charge in [-0.3, -0.25) is 9.69 Å². The monoisotopic (exact) mass is 317 g/mol. The Morgan fingerprint density at radius 3 is 2.50 bits per heavy atom. The van der Waals surface area contributed by atoms with Crippen LogP contribution >= 0.6 is 0 Å². The molecule has 1 heterocycles. The minimum absolute atomic E-state index is 0.128. The first-order valence-corrected chi connectivity index (χ1v) is 8.26. The second kappa shape index (κ2) is 5.77. The third-order valence-corrected chi connectivity index (χ3v) is 4.75. The van der Waals surface area contributed by atoms with E-state index in [1.165, 1.54) is 0 Å². The summed E-state index contributed by atoms with van der Waals surface area (Å²) in [5.41, 5.74) is 1.63. The fourth-order valence-electron chi connectivity index (χ4n) is 3.55. The second-order valence-electron chi connectivity index (χ2n) is 6.23. The Morgan fingerprint density at radius 2 is 1.75 bits per heavy atom. The molecule has 1 aliphatic carbocycles. The summed E-state index contributed by atoms with van der Waals surface area (Å²) in [6.07, 6.45) is 7.88. The van der Waals surface area contributed by atoms with Crippen LogP contribution < -0.4 is 0 Å². The number of nitrogens with zero attached hydrogens (tertiary/aromatic N) is 1. The molecule has 4 rings (SSSR count). The number of carbonyl (C=O) groups excluding carboxylic acids is 1. The Labute approximate surface area is 141 Å². The van der Waals surface area contributed by atoms with Crippen molar-refractivity contribution in [1.82, 2.24) is 4.90 Å². The van der Waals surface area contributed by atoms with Crippen molar-refractivity contribution in [2.24, 2.45) is 0 Å². The number of benzene rings is 2. The van der Waals surface area contributed by atoms with Crippen LogP contribution in [0.5, 0.6) is 0 Å². The van der Waals surface area contributed by atoms with Gasteiger partial charge in [0, 0.05) is 23.2 Å². The zero-order valence-corrected chi connectivity index (χ0v) is 13.4. The Hall–Kier alpha value is -2.65. The minimum atomic E-state index is -1.40. The molecule has 1 amide bonds. The van der Waals surface area contributed by atoms with E-state index in [1.54, 1.807) is 11.0 Å². The third-order valence-electron chi connectivity index (χ3n) is 4.75. The number of aliphatic hydroxyl groups is 1. The molecule has 24 heavy (non-hydrogen) atoms. The van der Waals surface area contributed by atoms with Gasteiger partial charge in [0.05, 0.1) is 0 Å². The Balaban J connectivity index is 1.83. The molecule has 2 aromatic rings. The highest BCUT2D eigenvalue weighted by molar-refractivity contribution is 6.00. The lowest BCUT2D eigenvalue weighted by Crippen LogP contribution is -2.44. The van der Waals surface area contributed by atoms with E-state index in [9.17, 15) is 9.90 Å². The number of hydrogen-bond donors (Lipinski definition) is 1. The topological polar surface area (TPSA) is 40.5 Å². The average molecular weight is 317 g/mol. The maximum atomic E-state index is 13.0. The first-order chi connectivity index (χ1) is 11.7. The highest BCUT2D eigenvalue weighted by Crippen LogP contribution is 2.44. The van der Waals surface area contributed by atoms with Crippen LogP contribution in [0, 0.1) is 0 Å². The zero-order valence-electron chi connectivity index (χ0n) is 13.4. The minimum Gasteiger partial charge on any atom is -0.363 e. The van der Waals surface area contributed by atoms with Crippen molar-refractivity contribution >= 4 is 5.91 Å². The van der Waals surface area contributed by atoms with Crippen LogP contribution in [-0.2, 0) is 12.3 Å². The predicted octanol–water partition coefficient (Wildman–Crippen LogP) is 3.76. The van der Waals surface area contributed by atoms with Gasteiger partial charge in [-0.05, 0) is 24.5 Å². The Kier molecular flexibility index (Phi) is 3.58. The van der Waals surface area contributed by atoms with E-state index in [0.29, 0.717) is 17.7 Å². The van der Waals surface area contributed by atoms with Gasteiger partial charge < -0.3 is 5.11 Å². The first kappa shape index (κ1) is 14.9. The van der Waals surface area contributed by atoms with E-state index in [-0.39, 0.29) is 5.91 Å². The molecule has 0 bridgehead atoms. The standard InChI is InChI=1S/C21H19NO2/c23-20-18-13-7-8-14-19(18)21(24,17-11-5-2-6-12-17)22(20)15-16-9-3-1-4-10-16/h1,3-5,7-14,24H,2,6,15H2. The molecule has 0 radical (unpaired) electrons. The molecule has 0 saturated carbocycles. The van der Waals surface area contributed by atoms with E-state index in [0.717, 1.165) is 24.0 Å². The van der Waals surface area contributed by atoms with Crippen LogP contribution in [0.2, 0.25) is 0 Å². The molecule has 0 aromatic heterocycles. The number of allylic oxidation sites excluding steroid dienone is 2. The normalized spacial score (nSPS) is 22.5. The van der Waals surface area contributed by atoms with Gasteiger partial charge in [-0.2, -0.15) is 0 Å². The summed E-state index contributed by atoms with van der Waals surface area (Å²) in [6, 6.07) is 17.1. The van der Waals surface area contributed by atoms with E-state index in [2.05, 4.69) is 6.08 Å². The van der Waals surface area contributed by atoms with Crippen LogP contribution in [0.4, 0.5) is 0 Å². The third kappa shape index (κ3) is 2.21. The highest BCUT2D eigenvalue weighted by atomic mass is 16.3. The summed E-state index contributed by atoms with van der Waals surface area (Å²) in [7, 11) is 0. The number of rotatable bonds is 3. The van der Waals surface area contributed by atoms with Gasteiger partial charge in [-0.1, -0.05) is 66.8 Å². The first-order valence-electron chi connectivity index (χ1n) is 8.26. The lowest BCUT2D eigenvalue weighted by Gasteiger charge is -2.36. The summed E-state index contributed by atoms with van der Waals surface area (Å²) in [5.74, 6) is -0.128. The van der Waals surface area contributed by atoms with Crippen molar-refractivity contribution in [1.29, 1.82) is 0 Å². The molecule has 1 N–H and O–H groups in total. The summed E-state index contributed by atoms with van der Waals surface area (Å²) in [6.45, 7) is 0.371. The van der Waals surface area contributed by atoms with Gasteiger partial charge in [0.2, 0.25) is 0 Å². The van der Waals surface area contributed by atoms with Crippen molar-refractivity contribution in [2.75, 3.05) is 0 Å². The van der Waals surface area contributed by atoms with Crippen LogP contribution in [0.1, 0.15) is 34.3 Å². The van der Waals surface area contributed by atoms with Crippen molar-refractivity contribution < 1.29 is 9.90 Å². The maximum absolute atomic E-state index is 13.0. The highest BCUT2D eigenvalue weighted by Gasteiger charge is 2.50. The molecule has 0 fully saturated rings. The molecule has 3 nitrogen and oxygen atoms in total. The van der Waals surface area contributed by atoms with Crippen LogP contribution in [0.15, 0.2) is 78.4 Å². The lowest BCUT2D eigenvalue weighted by molar-refractivity contribution is -0.0552. The molecule has 2 aliphatic rings. The van der Waals surface area contributed by atoms with E-state index in [1.807, 2.05) is 60.7 Å². The van der Waals surface area contributed by atoms with Gasteiger partial charge in [-0.25, -0.2) is 0 Å². The van der Waals surface area contributed by atoms with Gasteiger partial charge in [0.1, 0.15) is 0 Å². The molecule has 3 heteroatoms. The second-order valence-corrected chi connectivity index (χ2v) is 6.23. The molecular formula is C21H19NO2. The van der Waals surface area contributed by atoms with E-state index in [4.69, 9.17) is 0 Å². The fourth-order valence-corrected chi connectivity index (χ4v) is 3.55. The summed E-state index contributed by atoms with van der Waals surface area (Å²) in [5, 5.41) is 11.6. The van der Waals surface area contributed by atoms with Crippen LogP contribution in [0.25, 0.3) is 0 Å². The fraction of sp³-hybridized carbons (Fsp3) is 0.190. The SMILES string of the molecule is O=C1c2ccccc2C(O)(C2=CCCC=C2)N1Cc1ccccc1. The Morgan fingerprint density at radius 1 is 1.00 bits per heavy atom. The molecule has 1 aliphatic heterocycles. The van der Waals surface area contributed by atoms with Crippen LogP contribution in [-0.4, -0.2) is 15.9 Å². The number of fused-ring (bicyclic) bond motifs is 1. The molecule has 1 unspecified atom stereocenters. The van der Waals surface area contributed by atoms with Crippen molar-refractivity contribution in [3.63, 3.8) is 0 Å². The van der Waals surface area contributed by atoms with Crippen molar-refractivity contribution in [3.8, 4) is 0 Å². The number of amides is 1. The van der Waals surface area contributed by atoms with Gasteiger partial charge in [-0.15, -0.1) is 0 Å². The molecule has 2 aromatic carbocycles. The lowest BCUT2D eigenvalue weighted by atomic mass is 9.90. The summed E-state index contributed by atoms with van der Waals surface area (Å²) >= 11 is 0. The van der Waals surface area contributed by atoms with Gasteiger partial charge >= 0.3 is 0 Å². The van der Waals surface area contributed by atoms with Crippen molar-refractivity contribution in [2.45, 2.75) is 25.1 Å². The summed E-state index contributed by atoms with van der Waals surface area (Å²) in [4.78, 5) is 14.6. The summed E-state index contributed by atoms with van der Waals surface area (Å²) < 4.78 is 0. The quantitative estimate of drug-likeness (QED) is 0.936. The molecular weight excluding hydrogens is 298 g/mol. The smallest absolute Gasteiger partial charge is 0.257 e. The number of hydrogen-bond acceptors (Lipinski definition) is 2. The number of carbonyl (C=O) groups is 1. The van der Waals surface area contributed by atoms with Gasteiger partial charge in [0.15, 0.2) is 5.72 Å². The Bertz CT molecular complexity index is 838. The average Bonchev–Trinajstić information content (AvgIpc) is 2.87. The molecule has 120 valence electrons. The van der Waals surface area contributed by atoms with Crippen molar-refractivity contribution in [3.05, 3.63) is 95.1 Å². The van der Waals surface area contributed by atoms with E-state index >= 15 is 0 Å². The van der Waals surface area contributed by atoms with Crippen LogP contribution in [0.3, 0.4) is 0 Å². The van der Waals surface area contributed by atoms with Gasteiger partial charge in [0.25, 0.3) is 5.91 Å². The zero-order chi connectivity index (χ0) is 16.6. The molecule has 0 saturated heterocycles. The molecule has 0 spiro atoms. The van der Waals surface area contributed by atoms with E-state index < -0.39 is 5.72 Å². The molecule has 1 atom stereocenters. The predicted molar refractivity (Wildman–Crippen MR) is 93.1 cm³/mol. The largest absolute Gasteiger partial charge is 0.363 e. The maximum Gasteiger partial charge on any atom is 0.257 e.